The van der Waals surface area contributed by atoms with Crippen LogP contribution in [0.1, 0.15) is 24.8 Å². The molecule has 23 heavy (non-hydrogen) atoms. The molecule has 6 nitrogen and oxygen atoms in total. The van der Waals surface area contributed by atoms with Crippen molar-refractivity contribution >= 4 is 5.91 Å². The number of piperidine rings is 1. The minimum Gasteiger partial charge on any atom is -0.378 e. The molecule has 2 aliphatic heterocycles. The van der Waals surface area contributed by atoms with E-state index < -0.39 is 0 Å². The first-order valence-electron chi connectivity index (χ1n) is 8.51. The molecular weight excluding hydrogens is 292 g/mol. The number of nitrogens with zero attached hydrogens (tertiary/aromatic N) is 2. The quantitative estimate of drug-likeness (QED) is 0.829. The largest absolute Gasteiger partial charge is 0.378 e. The summed E-state index contributed by atoms with van der Waals surface area (Å²) in [6.45, 7) is 5.24. The Hall–Kier alpha value is -1.50. The van der Waals surface area contributed by atoms with Crippen molar-refractivity contribution in [2.75, 3.05) is 32.8 Å². The van der Waals surface area contributed by atoms with E-state index in [4.69, 9.17) is 4.74 Å². The third-order valence-electron chi connectivity index (χ3n) is 4.54. The Kier molecular flexibility index (Phi) is 5.96. The van der Waals surface area contributed by atoms with Crippen molar-refractivity contribution in [1.82, 2.24) is 20.5 Å². The SMILES string of the molecule is O=C(CC1COCCN1)NC1CCN(Cc2ccncc2)CC1. The molecule has 0 saturated carbocycles. The normalized spacial score (nSPS) is 23.6. The molecule has 2 fully saturated rings. The van der Waals surface area contributed by atoms with Gasteiger partial charge in [0.1, 0.15) is 0 Å². The Morgan fingerprint density at radius 2 is 2.13 bits per heavy atom. The summed E-state index contributed by atoms with van der Waals surface area (Å²) in [6, 6.07) is 4.59. The van der Waals surface area contributed by atoms with Crippen LogP contribution in [0.5, 0.6) is 0 Å². The van der Waals surface area contributed by atoms with Crippen molar-refractivity contribution in [3.8, 4) is 0 Å². The first-order chi connectivity index (χ1) is 11.3. The summed E-state index contributed by atoms with van der Waals surface area (Å²) in [4.78, 5) is 18.6. The van der Waals surface area contributed by atoms with E-state index in [1.807, 2.05) is 12.4 Å². The molecule has 0 aliphatic carbocycles. The van der Waals surface area contributed by atoms with Gasteiger partial charge >= 0.3 is 0 Å². The molecule has 1 aromatic rings. The molecule has 3 rings (SSSR count). The average Bonchev–Trinajstić information content (AvgIpc) is 2.58. The van der Waals surface area contributed by atoms with Crippen LogP contribution in [-0.2, 0) is 16.1 Å². The van der Waals surface area contributed by atoms with Gasteiger partial charge in [0.25, 0.3) is 0 Å². The van der Waals surface area contributed by atoms with Gasteiger partial charge in [-0.05, 0) is 30.5 Å². The number of carbonyl (C=O) groups is 1. The van der Waals surface area contributed by atoms with Crippen molar-refractivity contribution in [3.63, 3.8) is 0 Å². The summed E-state index contributed by atoms with van der Waals surface area (Å²) in [5.74, 6) is 0.139. The third kappa shape index (κ3) is 5.27. The second kappa shape index (κ2) is 8.38. The summed E-state index contributed by atoms with van der Waals surface area (Å²) in [5.41, 5.74) is 1.30. The van der Waals surface area contributed by atoms with Crippen LogP contribution in [0.25, 0.3) is 0 Å². The number of morpholine rings is 1. The zero-order chi connectivity index (χ0) is 15.9. The minimum atomic E-state index is 0.139. The van der Waals surface area contributed by atoms with Crippen molar-refractivity contribution in [1.29, 1.82) is 0 Å². The molecule has 0 spiro atoms. The average molecular weight is 318 g/mol. The zero-order valence-electron chi connectivity index (χ0n) is 13.5. The first kappa shape index (κ1) is 16.4. The molecule has 2 N–H and O–H groups in total. The molecule has 0 aromatic carbocycles. The number of hydrogen-bond acceptors (Lipinski definition) is 5. The predicted octanol–water partition coefficient (Wildman–Crippen LogP) is 0.541. The maximum absolute atomic E-state index is 12.1. The fourth-order valence-corrected chi connectivity index (χ4v) is 3.24. The lowest BCUT2D eigenvalue weighted by Crippen LogP contribution is -2.48. The number of rotatable bonds is 5. The molecular formula is C17H26N4O2. The summed E-state index contributed by atoms with van der Waals surface area (Å²) in [6.07, 6.45) is 6.23. The topological polar surface area (TPSA) is 66.5 Å². The van der Waals surface area contributed by atoms with E-state index in [1.165, 1.54) is 5.56 Å². The summed E-state index contributed by atoms with van der Waals surface area (Å²) >= 11 is 0. The highest BCUT2D eigenvalue weighted by atomic mass is 16.5. The molecule has 1 unspecified atom stereocenters. The number of nitrogens with one attached hydrogen (secondary N) is 2. The fourth-order valence-electron chi connectivity index (χ4n) is 3.24. The number of likely N-dealkylation sites (tertiary alicyclic amines) is 1. The smallest absolute Gasteiger partial charge is 0.221 e. The number of aromatic nitrogens is 1. The van der Waals surface area contributed by atoms with Crippen LogP contribution in [0.3, 0.4) is 0 Å². The highest BCUT2D eigenvalue weighted by molar-refractivity contribution is 5.76. The molecule has 3 heterocycles. The van der Waals surface area contributed by atoms with Gasteiger partial charge in [0.2, 0.25) is 5.91 Å². The maximum atomic E-state index is 12.1. The van der Waals surface area contributed by atoms with Crippen LogP contribution < -0.4 is 10.6 Å². The molecule has 2 saturated heterocycles. The lowest BCUT2D eigenvalue weighted by Gasteiger charge is -2.32. The van der Waals surface area contributed by atoms with E-state index in [0.29, 0.717) is 19.1 Å². The standard InChI is InChI=1S/C17H26N4O2/c22-17(11-16-13-23-10-7-19-16)20-15-3-8-21(9-4-15)12-14-1-5-18-6-2-14/h1-2,5-6,15-16,19H,3-4,7-13H2,(H,20,22). The summed E-state index contributed by atoms with van der Waals surface area (Å²) in [5, 5.41) is 6.50. The highest BCUT2D eigenvalue weighted by Crippen LogP contribution is 2.14. The minimum absolute atomic E-state index is 0.139. The summed E-state index contributed by atoms with van der Waals surface area (Å²) < 4.78 is 5.39. The molecule has 1 atom stereocenters. The van der Waals surface area contributed by atoms with Crippen LogP contribution >= 0.6 is 0 Å². The van der Waals surface area contributed by atoms with E-state index in [1.54, 1.807) is 0 Å². The molecule has 1 aromatic heterocycles. The van der Waals surface area contributed by atoms with Gasteiger partial charge in [-0.3, -0.25) is 14.7 Å². The summed E-state index contributed by atoms with van der Waals surface area (Å²) in [7, 11) is 0. The molecule has 0 bridgehead atoms. The Balaban J connectivity index is 1.36. The van der Waals surface area contributed by atoms with Crippen molar-refractivity contribution in [3.05, 3.63) is 30.1 Å². The first-order valence-corrected chi connectivity index (χ1v) is 8.51. The van der Waals surface area contributed by atoms with Gasteiger partial charge in [0.15, 0.2) is 0 Å². The van der Waals surface area contributed by atoms with Crippen LogP contribution in [0.4, 0.5) is 0 Å². The Labute approximate surface area is 137 Å². The lowest BCUT2D eigenvalue weighted by molar-refractivity contribution is -0.123. The second-order valence-corrected chi connectivity index (χ2v) is 6.40. The number of hydrogen-bond donors (Lipinski definition) is 2. The van der Waals surface area contributed by atoms with Crippen LogP contribution in [-0.4, -0.2) is 60.7 Å². The molecule has 2 aliphatic rings. The fraction of sp³-hybridized carbons (Fsp3) is 0.647. The highest BCUT2D eigenvalue weighted by Gasteiger charge is 2.22. The monoisotopic (exact) mass is 318 g/mol. The van der Waals surface area contributed by atoms with Gasteiger partial charge in [-0.2, -0.15) is 0 Å². The maximum Gasteiger partial charge on any atom is 0.221 e. The molecule has 126 valence electrons. The van der Waals surface area contributed by atoms with E-state index in [2.05, 4.69) is 32.7 Å². The number of amides is 1. The van der Waals surface area contributed by atoms with Crippen LogP contribution in [0.15, 0.2) is 24.5 Å². The Morgan fingerprint density at radius 1 is 1.35 bits per heavy atom. The zero-order valence-corrected chi connectivity index (χ0v) is 13.5. The predicted molar refractivity (Wildman–Crippen MR) is 87.9 cm³/mol. The van der Waals surface area contributed by atoms with Gasteiger partial charge in [-0.1, -0.05) is 0 Å². The van der Waals surface area contributed by atoms with Gasteiger partial charge in [-0.25, -0.2) is 0 Å². The van der Waals surface area contributed by atoms with Crippen molar-refractivity contribution < 1.29 is 9.53 Å². The molecule has 1 amide bonds. The van der Waals surface area contributed by atoms with E-state index in [9.17, 15) is 4.79 Å². The van der Waals surface area contributed by atoms with E-state index >= 15 is 0 Å². The third-order valence-corrected chi connectivity index (χ3v) is 4.54. The number of ether oxygens (including phenoxy) is 1. The van der Waals surface area contributed by atoms with Gasteiger partial charge in [0.05, 0.1) is 13.2 Å². The second-order valence-electron chi connectivity index (χ2n) is 6.40. The Bertz CT molecular complexity index is 483. The van der Waals surface area contributed by atoms with Crippen molar-refractivity contribution in [2.24, 2.45) is 0 Å². The van der Waals surface area contributed by atoms with Gasteiger partial charge in [-0.15, -0.1) is 0 Å². The van der Waals surface area contributed by atoms with Crippen molar-refractivity contribution in [2.45, 2.75) is 37.9 Å². The van der Waals surface area contributed by atoms with Gasteiger partial charge in [0, 0.05) is 57.1 Å². The number of carbonyl (C=O) groups excluding carboxylic acids is 1. The van der Waals surface area contributed by atoms with Crippen LogP contribution in [0.2, 0.25) is 0 Å². The molecule has 0 radical (unpaired) electrons. The molecule has 6 heteroatoms. The lowest BCUT2D eigenvalue weighted by atomic mass is 10.0. The number of pyridine rings is 1. The van der Waals surface area contributed by atoms with Gasteiger partial charge < -0.3 is 15.4 Å². The van der Waals surface area contributed by atoms with E-state index in [-0.39, 0.29) is 11.9 Å². The Morgan fingerprint density at radius 3 is 2.83 bits per heavy atom. The van der Waals surface area contributed by atoms with Crippen LogP contribution in [0, 0.1) is 0 Å². The van der Waals surface area contributed by atoms with E-state index in [0.717, 1.165) is 45.6 Å².